The Labute approximate surface area is 172 Å². The zero-order valence-corrected chi connectivity index (χ0v) is 17.1. The third-order valence-corrected chi connectivity index (χ3v) is 3.48. The van der Waals surface area contributed by atoms with E-state index in [1.807, 2.05) is 90.1 Å². The molecule has 0 atom stereocenters. The van der Waals surface area contributed by atoms with Crippen LogP contribution in [0.25, 0.3) is 21.8 Å². The predicted molar refractivity (Wildman–Crippen MR) is 124 cm³/mol. The number of aryl methyl sites for hydroxylation is 2. The van der Waals surface area contributed by atoms with Gasteiger partial charge in [0.2, 0.25) is 0 Å². The van der Waals surface area contributed by atoms with Gasteiger partial charge < -0.3 is 0 Å². The van der Waals surface area contributed by atoms with Gasteiger partial charge in [-0.1, -0.05) is 71.5 Å². The fraction of sp³-hybridized carbons (Fsp3) is 0.304. The van der Waals surface area contributed by atoms with Gasteiger partial charge in [-0.25, -0.2) is 19.9 Å². The molecule has 0 bridgehead atoms. The molecular weight excluding hydrogens is 343 g/mol. The van der Waals surface area contributed by atoms with Crippen LogP contribution in [0.3, 0.4) is 0 Å². The minimum Gasteiger partial charge on any atom is -0.241 e. The van der Waals surface area contributed by atoms with Crippen molar-refractivity contribution in [2.45, 2.75) is 49.0 Å². The molecule has 0 aliphatic rings. The summed E-state index contributed by atoms with van der Waals surface area (Å²) in [5.41, 5.74) is 4.10. The third kappa shape index (κ3) is 7.43. The maximum atomic E-state index is 4.13. The quantitative estimate of drug-likeness (QED) is 0.344. The van der Waals surface area contributed by atoms with Crippen molar-refractivity contribution in [2.24, 2.45) is 0 Å². The van der Waals surface area contributed by atoms with Crippen LogP contribution in [-0.4, -0.2) is 28.3 Å². The molecule has 0 fully saturated rings. The van der Waals surface area contributed by atoms with Crippen LogP contribution in [0.5, 0.6) is 0 Å². The molecule has 3 radical (unpaired) electrons. The van der Waals surface area contributed by atoms with Crippen molar-refractivity contribution in [3.63, 3.8) is 0 Å². The van der Waals surface area contributed by atoms with Gasteiger partial charge in [-0.05, 0) is 26.0 Å². The molecule has 147 valence electrons. The molecule has 4 nitrogen and oxygen atoms in total. The molecule has 4 rings (SSSR count). The number of para-hydroxylation sites is 2. The molecule has 0 amide bonds. The van der Waals surface area contributed by atoms with Crippen molar-refractivity contribution in [3.05, 3.63) is 72.6 Å². The lowest BCUT2D eigenvalue weighted by Crippen LogP contribution is -1.85. The van der Waals surface area contributed by atoms with Crippen molar-refractivity contribution in [1.82, 2.24) is 19.9 Å². The normalized spacial score (nSPS) is 8.50. The second kappa shape index (κ2) is 15.3. The Morgan fingerprint density at radius 3 is 1.18 bits per heavy atom. The van der Waals surface area contributed by atoms with Crippen LogP contribution in [0.15, 0.2) is 61.2 Å². The maximum absolute atomic E-state index is 4.13. The van der Waals surface area contributed by atoms with Crippen LogP contribution in [-0.2, 0) is 0 Å². The Morgan fingerprint density at radius 1 is 0.536 bits per heavy atom. The SMILES string of the molecule is C.CC.CC.Cc1ncnc2ccccc12.Cc1ncnc2ccccc12.[B]. The van der Waals surface area contributed by atoms with Gasteiger partial charge in [-0.2, -0.15) is 0 Å². The smallest absolute Gasteiger partial charge is 0.116 e. The van der Waals surface area contributed by atoms with E-state index in [-0.39, 0.29) is 15.8 Å². The monoisotopic (exact) mass is 375 g/mol. The Kier molecular flexibility index (Phi) is 14.9. The summed E-state index contributed by atoms with van der Waals surface area (Å²) in [6, 6.07) is 16.0. The van der Waals surface area contributed by atoms with E-state index < -0.39 is 0 Å². The van der Waals surface area contributed by atoms with Crippen LogP contribution in [0, 0.1) is 13.8 Å². The number of hydrogen-bond donors (Lipinski definition) is 0. The number of aromatic nitrogens is 4. The highest BCUT2D eigenvalue weighted by molar-refractivity contribution is 5.80. The molecule has 0 N–H and O–H groups in total. The maximum Gasteiger partial charge on any atom is 0.116 e. The molecule has 0 saturated carbocycles. The van der Waals surface area contributed by atoms with E-state index >= 15 is 0 Å². The summed E-state index contributed by atoms with van der Waals surface area (Å²) in [7, 11) is 0. The second-order valence-corrected chi connectivity index (χ2v) is 4.95. The Morgan fingerprint density at radius 2 is 0.857 bits per heavy atom. The lowest BCUT2D eigenvalue weighted by molar-refractivity contribution is 1.15. The van der Waals surface area contributed by atoms with Gasteiger partial charge in [0, 0.05) is 30.6 Å². The molecule has 4 aromatic rings. The lowest BCUT2D eigenvalue weighted by Gasteiger charge is -1.96. The van der Waals surface area contributed by atoms with Gasteiger partial charge in [-0.15, -0.1) is 0 Å². The van der Waals surface area contributed by atoms with Crippen molar-refractivity contribution >= 4 is 30.2 Å². The molecule has 2 aromatic heterocycles. The van der Waals surface area contributed by atoms with E-state index in [1.165, 1.54) is 0 Å². The largest absolute Gasteiger partial charge is 0.241 e. The van der Waals surface area contributed by atoms with Gasteiger partial charge in [0.05, 0.1) is 11.0 Å². The summed E-state index contributed by atoms with van der Waals surface area (Å²) in [4.78, 5) is 16.5. The van der Waals surface area contributed by atoms with Crippen LogP contribution < -0.4 is 0 Å². The van der Waals surface area contributed by atoms with Gasteiger partial charge in [0.25, 0.3) is 0 Å². The second-order valence-electron chi connectivity index (χ2n) is 4.95. The lowest BCUT2D eigenvalue weighted by atomic mass is 10.2. The molecule has 2 heterocycles. The first kappa shape index (κ1) is 27.4. The Hall–Kier alpha value is -2.82. The number of hydrogen-bond acceptors (Lipinski definition) is 4. The third-order valence-electron chi connectivity index (χ3n) is 3.48. The number of fused-ring (bicyclic) bond motifs is 2. The minimum atomic E-state index is 0. The van der Waals surface area contributed by atoms with E-state index in [1.54, 1.807) is 12.7 Å². The van der Waals surface area contributed by atoms with Gasteiger partial charge in [0.15, 0.2) is 0 Å². The summed E-state index contributed by atoms with van der Waals surface area (Å²) in [6.45, 7) is 12.0. The zero-order valence-electron chi connectivity index (χ0n) is 17.1. The summed E-state index contributed by atoms with van der Waals surface area (Å²) in [5.74, 6) is 0. The van der Waals surface area contributed by atoms with Gasteiger partial charge in [-0.3, -0.25) is 0 Å². The molecule has 0 unspecified atom stereocenters. The standard InChI is InChI=1S/2C9H8N2.2C2H6.CH4.B/c2*1-7-8-4-2-3-5-9(8)11-6-10-7;2*1-2;;/h2*2-6H,1H3;2*1-2H3;1H4;. The van der Waals surface area contributed by atoms with Crippen molar-refractivity contribution in [3.8, 4) is 0 Å². The molecule has 2 aromatic carbocycles. The minimum absolute atomic E-state index is 0. The molecule has 0 aliphatic carbocycles. The fourth-order valence-corrected chi connectivity index (χ4v) is 2.28. The Bertz CT molecular complexity index is 838. The highest BCUT2D eigenvalue weighted by Gasteiger charge is 1.95. The molecule has 0 spiro atoms. The van der Waals surface area contributed by atoms with E-state index in [0.29, 0.717) is 0 Å². The predicted octanol–water partition coefficient (Wildman–Crippen LogP) is 6.18. The van der Waals surface area contributed by atoms with Gasteiger partial charge >= 0.3 is 0 Å². The molecule has 0 aliphatic heterocycles. The topological polar surface area (TPSA) is 51.6 Å². The summed E-state index contributed by atoms with van der Waals surface area (Å²) in [6.07, 6.45) is 3.19. The van der Waals surface area contributed by atoms with Crippen LogP contribution in [0.1, 0.15) is 46.5 Å². The van der Waals surface area contributed by atoms with E-state index in [0.717, 1.165) is 33.2 Å². The van der Waals surface area contributed by atoms with Crippen molar-refractivity contribution < 1.29 is 0 Å². The number of benzene rings is 2. The van der Waals surface area contributed by atoms with Crippen LogP contribution in [0.2, 0.25) is 0 Å². The fourth-order valence-electron chi connectivity index (χ4n) is 2.28. The number of nitrogens with zero attached hydrogens (tertiary/aromatic N) is 4. The van der Waals surface area contributed by atoms with E-state index in [4.69, 9.17) is 0 Å². The highest BCUT2D eigenvalue weighted by atomic mass is 14.8. The van der Waals surface area contributed by atoms with E-state index in [2.05, 4.69) is 19.9 Å². The molecular formula is C23H32BN4. The Balaban J connectivity index is 0. The summed E-state index contributed by atoms with van der Waals surface area (Å²) >= 11 is 0. The highest BCUT2D eigenvalue weighted by Crippen LogP contribution is 2.12. The first-order valence-electron chi connectivity index (χ1n) is 9.08. The first-order chi connectivity index (χ1) is 12.8. The molecule has 5 heteroatoms. The summed E-state index contributed by atoms with van der Waals surface area (Å²) in [5, 5.41) is 2.27. The van der Waals surface area contributed by atoms with E-state index in [9.17, 15) is 0 Å². The number of rotatable bonds is 0. The molecule has 28 heavy (non-hydrogen) atoms. The van der Waals surface area contributed by atoms with Crippen molar-refractivity contribution in [2.75, 3.05) is 0 Å². The van der Waals surface area contributed by atoms with Crippen molar-refractivity contribution in [1.29, 1.82) is 0 Å². The first-order valence-corrected chi connectivity index (χ1v) is 9.08. The average Bonchev–Trinajstić information content (AvgIpc) is 2.72. The summed E-state index contributed by atoms with van der Waals surface area (Å²) < 4.78 is 0. The zero-order chi connectivity index (χ0) is 19.4. The average molecular weight is 375 g/mol. The van der Waals surface area contributed by atoms with Gasteiger partial charge in [0.1, 0.15) is 12.7 Å². The molecule has 0 saturated heterocycles. The van der Waals surface area contributed by atoms with Crippen LogP contribution in [0.4, 0.5) is 0 Å². The van der Waals surface area contributed by atoms with Crippen LogP contribution >= 0.6 is 0 Å².